The molecule has 31 heavy (non-hydrogen) atoms. The van der Waals surface area contributed by atoms with Gasteiger partial charge in [0.2, 0.25) is 0 Å². The number of aromatic nitrogens is 2. The van der Waals surface area contributed by atoms with Crippen LogP contribution < -0.4 is 4.90 Å². The zero-order valence-electron chi connectivity index (χ0n) is 18.4. The Balaban J connectivity index is 1.71. The fourth-order valence-electron chi connectivity index (χ4n) is 4.52. The SMILES string of the molecule is Cc1nc(C2CCCCN2S(=O)(=O)N(C)C)nc2c1CCCN2Cc1cccc(F)c1. The van der Waals surface area contributed by atoms with Gasteiger partial charge in [-0.25, -0.2) is 14.4 Å². The van der Waals surface area contributed by atoms with Gasteiger partial charge in [0, 0.05) is 45.0 Å². The highest BCUT2D eigenvalue weighted by molar-refractivity contribution is 7.86. The van der Waals surface area contributed by atoms with Crippen LogP contribution in [0.5, 0.6) is 0 Å². The monoisotopic (exact) mass is 447 g/mol. The summed E-state index contributed by atoms with van der Waals surface area (Å²) >= 11 is 0. The van der Waals surface area contributed by atoms with Gasteiger partial charge in [0.05, 0.1) is 6.04 Å². The van der Waals surface area contributed by atoms with Gasteiger partial charge < -0.3 is 4.90 Å². The quantitative estimate of drug-likeness (QED) is 0.704. The summed E-state index contributed by atoms with van der Waals surface area (Å²) < 4.78 is 42.4. The molecule has 0 radical (unpaired) electrons. The standard InChI is InChI=1S/C22H30FN5O2S/c1-16-19-10-7-12-27(15-17-8-6-9-18(23)14-17)22(19)25-21(24-16)20-11-4-5-13-28(20)31(29,30)26(2)3/h6,8-9,14,20H,4-5,7,10-13,15H2,1-3H3. The van der Waals surface area contributed by atoms with E-state index in [0.29, 0.717) is 25.3 Å². The molecule has 1 aromatic heterocycles. The number of rotatable bonds is 5. The van der Waals surface area contributed by atoms with Gasteiger partial charge in [-0.1, -0.05) is 18.6 Å². The number of piperidine rings is 1. The minimum absolute atomic E-state index is 0.249. The summed E-state index contributed by atoms with van der Waals surface area (Å²) in [6.45, 7) is 3.83. The van der Waals surface area contributed by atoms with E-state index in [1.54, 1.807) is 26.2 Å². The zero-order chi connectivity index (χ0) is 22.2. The van der Waals surface area contributed by atoms with Crippen molar-refractivity contribution in [1.82, 2.24) is 18.6 Å². The van der Waals surface area contributed by atoms with E-state index >= 15 is 0 Å². The third-order valence-corrected chi connectivity index (χ3v) is 8.09. The van der Waals surface area contributed by atoms with Gasteiger partial charge in [-0.15, -0.1) is 0 Å². The molecule has 9 heteroatoms. The third kappa shape index (κ3) is 4.44. The van der Waals surface area contributed by atoms with Crippen molar-refractivity contribution in [3.8, 4) is 0 Å². The highest BCUT2D eigenvalue weighted by Crippen LogP contribution is 2.35. The highest BCUT2D eigenvalue weighted by atomic mass is 32.2. The van der Waals surface area contributed by atoms with Crippen LogP contribution in [0.1, 0.15) is 54.4 Å². The number of hydrogen-bond acceptors (Lipinski definition) is 5. The number of aryl methyl sites for hydroxylation is 1. The topological polar surface area (TPSA) is 69.6 Å². The Morgan fingerprint density at radius 3 is 2.71 bits per heavy atom. The fourth-order valence-corrected chi connectivity index (χ4v) is 5.82. The second kappa shape index (κ2) is 8.80. The van der Waals surface area contributed by atoms with Crippen molar-refractivity contribution in [3.63, 3.8) is 0 Å². The summed E-state index contributed by atoms with van der Waals surface area (Å²) in [5.41, 5.74) is 2.89. The number of hydrogen-bond donors (Lipinski definition) is 0. The lowest BCUT2D eigenvalue weighted by Crippen LogP contribution is -2.45. The smallest absolute Gasteiger partial charge is 0.282 e. The Kier molecular flexibility index (Phi) is 6.27. The predicted molar refractivity (Wildman–Crippen MR) is 118 cm³/mol. The van der Waals surface area contributed by atoms with Crippen molar-refractivity contribution in [3.05, 3.63) is 52.7 Å². The molecule has 1 fully saturated rings. The highest BCUT2D eigenvalue weighted by Gasteiger charge is 2.37. The summed E-state index contributed by atoms with van der Waals surface area (Å²) in [6.07, 6.45) is 4.35. The summed E-state index contributed by atoms with van der Waals surface area (Å²) in [7, 11) is -0.454. The molecular weight excluding hydrogens is 417 g/mol. The molecule has 3 heterocycles. The second-order valence-electron chi connectivity index (χ2n) is 8.54. The van der Waals surface area contributed by atoms with E-state index < -0.39 is 10.2 Å². The van der Waals surface area contributed by atoms with Gasteiger partial charge in [-0.3, -0.25) is 0 Å². The van der Waals surface area contributed by atoms with E-state index in [1.807, 2.05) is 13.0 Å². The maximum Gasteiger partial charge on any atom is 0.282 e. The molecule has 2 aliphatic rings. The number of anilines is 1. The molecule has 7 nitrogen and oxygen atoms in total. The molecule has 2 aliphatic heterocycles. The van der Waals surface area contributed by atoms with Gasteiger partial charge >= 0.3 is 0 Å². The summed E-state index contributed by atoms with van der Waals surface area (Å²) in [6, 6.07) is 6.26. The third-order valence-electron chi connectivity index (χ3n) is 6.14. The predicted octanol–water partition coefficient (Wildman–Crippen LogP) is 3.21. The second-order valence-corrected chi connectivity index (χ2v) is 10.6. The Bertz CT molecular complexity index is 1060. The molecule has 1 unspecified atom stereocenters. The Hall–Kier alpha value is -2.10. The van der Waals surface area contributed by atoms with Gasteiger partial charge in [0.1, 0.15) is 17.5 Å². The van der Waals surface area contributed by atoms with Crippen LogP contribution in [-0.4, -0.2) is 54.2 Å². The van der Waals surface area contributed by atoms with E-state index in [2.05, 4.69) is 4.90 Å². The van der Waals surface area contributed by atoms with E-state index in [4.69, 9.17) is 9.97 Å². The summed E-state index contributed by atoms with van der Waals surface area (Å²) in [5.74, 6) is 1.17. The first-order valence-corrected chi connectivity index (χ1v) is 12.2. The van der Waals surface area contributed by atoms with Crippen molar-refractivity contribution >= 4 is 16.0 Å². The molecule has 0 spiro atoms. The van der Waals surface area contributed by atoms with E-state index in [-0.39, 0.29) is 11.9 Å². The Morgan fingerprint density at radius 2 is 1.97 bits per heavy atom. The first-order valence-electron chi connectivity index (χ1n) is 10.8. The summed E-state index contributed by atoms with van der Waals surface area (Å²) in [5, 5.41) is 0. The molecule has 0 amide bonds. The van der Waals surface area contributed by atoms with E-state index in [9.17, 15) is 12.8 Å². The number of fused-ring (bicyclic) bond motifs is 1. The molecule has 1 atom stereocenters. The van der Waals surface area contributed by atoms with E-state index in [0.717, 1.165) is 54.9 Å². The Morgan fingerprint density at radius 1 is 1.16 bits per heavy atom. The van der Waals surface area contributed by atoms with Crippen LogP contribution in [0, 0.1) is 12.7 Å². The maximum atomic E-state index is 13.7. The van der Waals surface area contributed by atoms with E-state index in [1.165, 1.54) is 14.7 Å². The molecule has 0 saturated carbocycles. The first kappa shape index (κ1) is 22.1. The average molecular weight is 448 g/mol. The van der Waals surface area contributed by atoms with Gasteiger partial charge in [-0.2, -0.15) is 17.0 Å². The first-order chi connectivity index (χ1) is 14.8. The van der Waals surface area contributed by atoms with Gasteiger partial charge in [0.15, 0.2) is 0 Å². The van der Waals surface area contributed by atoms with Crippen molar-refractivity contribution in [1.29, 1.82) is 0 Å². The molecule has 168 valence electrons. The van der Waals surface area contributed by atoms with Crippen LogP contribution in [0.4, 0.5) is 10.2 Å². The van der Waals surface area contributed by atoms with Crippen LogP contribution in [0.25, 0.3) is 0 Å². The minimum Gasteiger partial charge on any atom is -0.352 e. The number of benzene rings is 1. The lowest BCUT2D eigenvalue weighted by atomic mass is 10.0. The molecular formula is C22H30FN5O2S. The lowest BCUT2D eigenvalue weighted by Gasteiger charge is -2.37. The van der Waals surface area contributed by atoms with Crippen LogP contribution in [0.3, 0.4) is 0 Å². The molecule has 1 saturated heterocycles. The van der Waals surface area contributed by atoms with Crippen LogP contribution >= 0.6 is 0 Å². The lowest BCUT2D eigenvalue weighted by molar-refractivity contribution is 0.234. The van der Waals surface area contributed by atoms with Crippen molar-refractivity contribution in [2.24, 2.45) is 0 Å². The minimum atomic E-state index is -3.57. The van der Waals surface area contributed by atoms with Crippen LogP contribution in [0.15, 0.2) is 24.3 Å². The number of nitrogens with zero attached hydrogens (tertiary/aromatic N) is 5. The van der Waals surface area contributed by atoms with Crippen LogP contribution in [0.2, 0.25) is 0 Å². The molecule has 0 N–H and O–H groups in total. The van der Waals surface area contributed by atoms with Crippen molar-refractivity contribution in [2.45, 2.75) is 51.6 Å². The van der Waals surface area contributed by atoms with Crippen molar-refractivity contribution < 1.29 is 12.8 Å². The van der Waals surface area contributed by atoms with Crippen LogP contribution in [-0.2, 0) is 23.2 Å². The normalized spacial score (nSPS) is 20.2. The maximum absolute atomic E-state index is 13.7. The van der Waals surface area contributed by atoms with Gasteiger partial charge in [0.25, 0.3) is 10.2 Å². The average Bonchev–Trinajstić information content (AvgIpc) is 2.74. The largest absolute Gasteiger partial charge is 0.352 e. The Labute approximate surface area is 184 Å². The molecule has 2 aromatic rings. The molecule has 1 aromatic carbocycles. The fraction of sp³-hybridized carbons (Fsp3) is 0.545. The van der Waals surface area contributed by atoms with Gasteiger partial charge in [-0.05, 0) is 50.3 Å². The molecule has 4 rings (SSSR count). The number of halogens is 1. The molecule has 0 bridgehead atoms. The molecule has 0 aliphatic carbocycles. The zero-order valence-corrected chi connectivity index (χ0v) is 19.2. The summed E-state index contributed by atoms with van der Waals surface area (Å²) in [4.78, 5) is 11.8. The van der Waals surface area contributed by atoms with Crippen molar-refractivity contribution in [2.75, 3.05) is 32.1 Å².